The van der Waals surface area contributed by atoms with Crippen LogP contribution in [0, 0.1) is 0 Å². The van der Waals surface area contributed by atoms with E-state index in [-0.39, 0.29) is 0 Å². The number of rotatable bonds is 7. The molecule has 2 amide bonds. The van der Waals surface area contributed by atoms with Gasteiger partial charge in [-0.25, -0.2) is 9.59 Å². The SMILES string of the molecule is CCCCC(NC(=O)NCc1ccc(Br)cc1)C(=O)O. The maximum atomic E-state index is 11.7. The minimum atomic E-state index is -1.00. The number of nitrogens with one attached hydrogen (secondary N) is 2. The number of carbonyl (C=O) groups excluding carboxylic acids is 1. The monoisotopic (exact) mass is 342 g/mol. The molecule has 3 N–H and O–H groups in total. The van der Waals surface area contributed by atoms with Gasteiger partial charge in [0.2, 0.25) is 0 Å². The number of aliphatic carboxylic acids is 1. The molecule has 0 heterocycles. The molecule has 6 heteroatoms. The van der Waals surface area contributed by atoms with Crippen molar-refractivity contribution in [1.82, 2.24) is 10.6 Å². The molecule has 1 atom stereocenters. The number of halogens is 1. The average Bonchev–Trinajstić information content (AvgIpc) is 2.42. The first-order valence-electron chi connectivity index (χ1n) is 6.54. The standard InChI is InChI=1S/C14H19BrN2O3/c1-2-3-4-12(13(18)19)17-14(20)16-9-10-5-7-11(15)8-6-10/h5-8,12H,2-4,9H2,1H3,(H,18,19)(H2,16,17,20). The van der Waals surface area contributed by atoms with Gasteiger partial charge in [0.1, 0.15) is 6.04 Å². The van der Waals surface area contributed by atoms with Gasteiger partial charge in [0.05, 0.1) is 0 Å². The Bertz CT molecular complexity index is 448. The zero-order chi connectivity index (χ0) is 15.0. The van der Waals surface area contributed by atoms with Gasteiger partial charge >= 0.3 is 12.0 Å². The van der Waals surface area contributed by atoms with E-state index in [9.17, 15) is 9.59 Å². The molecule has 110 valence electrons. The van der Waals surface area contributed by atoms with Crippen molar-refractivity contribution in [3.63, 3.8) is 0 Å². The van der Waals surface area contributed by atoms with E-state index in [0.29, 0.717) is 13.0 Å². The van der Waals surface area contributed by atoms with Crippen LogP contribution >= 0.6 is 15.9 Å². The fraction of sp³-hybridized carbons (Fsp3) is 0.429. The van der Waals surface area contributed by atoms with Gasteiger partial charge < -0.3 is 15.7 Å². The first kappa shape index (κ1) is 16.5. The van der Waals surface area contributed by atoms with E-state index in [1.165, 1.54) is 0 Å². The lowest BCUT2D eigenvalue weighted by Crippen LogP contribution is -2.45. The second-order valence-electron chi connectivity index (χ2n) is 4.49. The van der Waals surface area contributed by atoms with Crippen molar-refractivity contribution in [2.24, 2.45) is 0 Å². The van der Waals surface area contributed by atoms with Crippen molar-refractivity contribution in [3.8, 4) is 0 Å². The van der Waals surface area contributed by atoms with Crippen LogP contribution in [-0.4, -0.2) is 23.1 Å². The first-order valence-corrected chi connectivity index (χ1v) is 7.34. The van der Waals surface area contributed by atoms with E-state index in [2.05, 4.69) is 26.6 Å². The summed E-state index contributed by atoms with van der Waals surface area (Å²) in [6.45, 7) is 2.34. The number of carboxylic acid groups (broad SMARTS) is 1. The maximum Gasteiger partial charge on any atom is 0.326 e. The molecule has 1 unspecified atom stereocenters. The first-order chi connectivity index (χ1) is 9.52. The third-order valence-corrected chi connectivity index (χ3v) is 3.34. The van der Waals surface area contributed by atoms with Crippen LogP contribution in [0.25, 0.3) is 0 Å². The molecule has 0 fully saturated rings. The summed E-state index contributed by atoms with van der Waals surface area (Å²) in [5, 5.41) is 14.1. The summed E-state index contributed by atoms with van der Waals surface area (Å²) < 4.78 is 0.969. The second-order valence-corrected chi connectivity index (χ2v) is 5.40. The zero-order valence-corrected chi connectivity index (χ0v) is 12.9. The van der Waals surface area contributed by atoms with Gasteiger partial charge in [0, 0.05) is 11.0 Å². The normalized spacial score (nSPS) is 11.7. The highest BCUT2D eigenvalue weighted by molar-refractivity contribution is 9.10. The average molecular weight is 343 g/mol. The van der Waals surface area contributed by atoms with E-state index >= 15 is 0 Å². The van der Waals surface area contributed by atoms with E-state index in [1.54, 1.807) is 0 Å². The Morgan fingerprint density at radius 3 is 2.50 bits per heavy atom. The molecule has 0 aliphatic carbocycles. The van der Waals surface area contributed by atoms with Gasteiger partial charge in [0.25, 0.3) is 0 Å². The summed E-state index contributed by atoms with van der Waals surface area (Å²) >= 11 is 3.33. The number of urea groups is 1. The minimum Gasteiger partial charge on any atom is -0.480 e. The van der Waals surface area contributed by atoms with Gasteiger partial charge in [-0.3, -0.25) is 0 Å². The fourth-order valence-corrected chi connectivity index (χ4v) is 1.92. The van der Waals surface area contributed by atoms with Crippen LogP contribution in [0.2, 0.25) is 0 Å². The van der Waals surface area contributed by atoms with Crippen molar-refractivity contribution >= 4 is 27.9 Å². The van der Waals surface area contributed by atoms with E-state index < -0.39 is 18.0 Å². The Kier molecular flexibility index (Phi) is 7.08. The molecule has 1 aromatic rings. The van der Waals surface area contributed by atoms with Crippen LogP contribution in [-0.2, 0) is 11.3 Å². The summed E-state index contributed by atoms with van der Waals surface area (Å²) in [4.78, 5) is 22.7. The third-order valence-electron chi connectivity index (χ3n) is 2.82. The number of hydrogen-bond donors (Lipinski definition) is 3. The number of benzene rings is 1. The summed E-state index contributed by atoms with van der Waals surface area (Å²) in [5.74, 6) is -1.00. The fourth-order valence-electron chi connectivity index (χ4n) is 1.66. The molecular formula is C14H19BrN2O3. The highest BCUT2D eigenvalue weighted by Crippen LogP contribution is 2.10. The molecule has 1 aromatic carbocycles. The summed E-state index contributed by atoms with van der Waals surface area (Å²) in [7, 11) is 0. The molecule has 0 saturated carbocycles. The minimum absolute atomic E-state index is 0.360. The Morgan fingerprint density at radius 1 is 1.30 bits per heavy atom. The molecular weight excluding hydrogens is 324 g/mol. The highest BCUT2D eigenvalue weighted by atomic mass is 79.9. The molecule has 0 radical (unpaired) electrons. The van der Waals surface area contributed by atoms with Crippen molar-refractivity contribution in [2.75, 3.05) is 0 Å². The lowest BCUT2D eigenvalue weighted by Gasteiger charge is -2.14. The molecule has 5 nitrogen and oxygen atoms in total. The zero-order valence-electron chi connectivity index (χ0n) is 11.4. The highest BCUT2D eigenvalue weighted by Gasteiger charge is 2.18. The Labute approximate surface area is 126 Å². The predicted molar refractivity (Wildman–Crippen MR) is 80.5 cm³/mol. The van der Waals surface area contributed by atoms with E-state index in [1.807, 2.05) is 31.2 Å². The molecule has 20 heavy (non-hydrogen) atoms. The lowest BCUT2D eigenvalue weighted by molar-refractivity contribution is -0.139. The molecule has 0 spiro atoms. The number of carbonyl (C=O) groups is 2. The van der Waals surface area contributed by atoms with Crippen LogP contribution in [0.15, 0.2) is 28.7 Å². The topological polar surface area (TPSA) is 78.4 Å². The van der Waals surface area contributed by atoms with Crippen molar-refractivity contribution < 1.29 is 14.7 Å². The van der Waals surface area contributed by atoms with Crippen molar-refractivity contribution in [1.29, 1.82) is 0 Å². The maximum absolute atomic E-state index is 11.7. The van der Waals surface area contributed by atoms with Crippen LogP contribution in [0.4, 0.5) is 4.79 Å². The van der Waals surface area contributed by atoms with Gasteiger partial charge in [-0.2, -0.15) is 0 Å². The third kappa shape index (κ3) is 6.06. The largest absolute Gasteiger partial charge is 0.480 e. The molecule has 0 saturated heterocycles. The smallest absolute Gasteiger partial charge is 0.326 e. The second kappa shape index (κ2) is 8.58. The number of carboxylic acids is 1. The quantitative estimate of drug-likeness (QED) is 0.712. The Morgan fingerprint density at radius 2 is 1.95 bits per heavy atom. The lowest BCUT2D eigenvalue weighted by atomic mass is 10.1. The summed E-state index contributed by atoms with van der Waals surface area (Å²) in [6, 6.07) is 6.25. The van der Waals surface area contributed by atoms with Crippen LogP contribution in [0.3, 0.4) is 0 Å². The van der Waals surface area contributed by atoms with Gasteiger partial charge in [-0.1, -0.05) is 47.8 Å². The molecule has 0 aromatic heterocycles. The van der Waals surface area contributed by atoms with Crippen molar-refractivity contribution in [3.05, 3.63) is 34.3 Å². The van der Waals surface area contributed by atoms with Crippen molar-refractivity contribution in [2.45, 2.75) is 38.8 Å². The van der Waals surface area contributed by atoms with E-state index in [0.717, 1.165) is 22.9 Å². The van der Waals surface area contributed by atoms with Crippen LogP contribution < -0.4 is 10.6 Å². The predicted octanol–water partition coefficient (Wildman–Crippen LogP) is 2.89. The number of amides is 2. The van der Waals surface area contributed by atoms with Crippen LogP contribution in [0.5, 0.6) is 0 Å². The van der Waals surface area contributed by atoms with Crippen LogP contribution in [0.1, 0.15) is 31.7 Å². The van der Waals surface area contributed by atoms with Gasteiger partial charge in [-0.15, -0.1) is 0 Å². The molecule has 0 aliphatic rings. The molecule has 1 rings (SSSR count). The molecule has 0 aliphatic heterocycles. The Hall–Kier alpha value is -1.56. The number of unbranched alkanes of at least 4 members (excludes halogenated alkanes) is 1. The molecule has 0 bridgehead atoms. The number of hydrogen-bond acceptors (Lipinski definition) is 2. The Balaban J connectivity index is 2.41. The van der Waals surface area contributed by atoms with E-state index in [4.69, 9.17) is 5.11 Å². The summed E-state index contributed by atoms with van der Waals surface area (Å²) in [6.07, 6.45) is 2.10. The van der Waals surface area contributed by atoms with Gasteiger partial charge in [-0.05, 0) is 24.1 Å². The summed E-state index contributed by atoms with van der Waals surface area (Å²) in [5.41, 5.74) is 0.948. The van der Waals surface area contributed by atoms with Gasteiger partial charge in [0.15, 0.2) is 0 Å².